The molecule has 0 aliphatic heterocycles. The molecule has 16 heavy (non-hydrogen) atoms. The second kappa shape index (κ2) is 5.89. The minimum absolute atomic E-state index is 0.00903. The number of nitrogens with one attached hydrogen (secondary N) is 2. The molecule has 0 aromatic carbocycles. The van der Waals surface area contributed by atoms with Gasteiger partial charge >= 0.3 is 0 Å². The van der Waals surface area contributed by atoms with Gasteiger partial charge in [0.05, 0.1) is 0 Å². The van der Waals surface area contributed by atoms with E-state index in [0.29, 0.717) is 30.4 Å². The molecule has 0 aliphatic carbocycles. The lowest BCUT2D eigenvalue weighted by atomic mass is 10.4. The summed E-state index contributed by atoms with van der Waals surface area (Å²) in [4.78, 5) is 19.3. The summed E-state index contributed by atoms with van der Waals surface area (Å²) in [5.41, 5.74) is 5.62. The van der Waals surface area contributed by atoms with Crippen molar-refractivity contribution in [1.29, 1.82) is 0 Å². The quantitative estimate of drug-likeness (QED) is 0.661. The number of nitrogens with two attached hydrogens (primary N) is 1. The number of rotatable bonds is 5. The van der Waals surface area contributed by atoms with Gasteiger partial charge < -0.3 is 16.4 Å². The van der Waals surface area contributed by atoms with Crippen molar-refractivity contribution in [3.05, 3.63) is 11.9 Å². The molecule has 88 valence electrons. The van der Waals surface area contributed by atoms with E-state index < -0.39 is 0 Å². The van der Waals surface area contributed by atoms with E-state index in [0.717, 1.165) is 6.42 Å². The number of nitrogen functional groups attached to an aromatic ring is 1. The fourth-order valence-electron chi connectivity index (χ4n) is 1.20. The molecule has 1 aromatic rings. The highest BCUT2D eigenvalue weighted by atomic mass is 16.1. The van der Waals surface area contributed by atoms with Gasteiger partial charge in [-0.25, -0.2) is 9.97 Å². The van der Waals surface area contributed by atoms with Crippen molar-refractivity contribution in [2.45, 2.75) is 19.8 Å². The normalized spacial score (nSPS) is 9.88. The zero-order valence-electron chi connectivity index (χ0n) is 9.58. The molecular formula is C10H17N5O. The molecule has 0 fully saturated rings. The van der Waals surface area contributed by atoms with Gasteiger partial charge in [-0.1, -0.05) is 6.92 Å². The van der Waals surface area contributed by atoms with Crippen LogP contribution in [0.25, 0.3) is 0 Å². The summed E-state index contributed by atoms with van der Waals surface area (Å²) < 4.78 is 0. The Bertz CT molecular complexity index is 366. The predicted octanol–water partition coefficient (Wildman–Crippen LogP) is 0.169. The minimum atomic E-state index is -0.00903. The number of anilines is 2. The van der Waals surface area contributed by atoms with Crippen molar-refractivity contribution in [3.63, 3.8) is 0 Å². The molecule has 0 radical (unpaired) electrons. The van der Waals surface area contributed by atoms with Crippen LogP contribution in [0, 0.1) is 0 Å². The first-order chi connectivity index (χ1) is 7.65. The van der Waals surface area contributed by atoms with Gasteiger partial charge in [0.1, 0.15) is 17.5 Å². The van der Waals surface area contributed by atoms with Gasteiger partial charge in [-0.3, -0.25) is 4.79 Å². The Morgan fingerprint density at radius 3 is 2.88 bits per heavy atom. The number of hydrogen-bond donors (Lipinski definition) is 3. The third-order valence-electron chi connectivity index (χ3n) is 2.05. The summed E-state index contributed by atoms with van der Waals surface area (Å²) in [5, 5.41) is 5.58. The Morgan fingerprint density at radius 1 is 1.50 bits per heavy atom. The van der Waals surface area contributed by atoms with Crippen molar-refractivity contribution in [2.75, 3.05) is 24.6 Å². The molecule has 0 bridgehead atoms. The average molecular weight is 223 g/mol. The second-order valence-corrected chi connectivity index (χ2v) is 3.30. The highest BCUT2D eigenvalue weighted by Gasteiger charge is 2.02. The Balaban J connectivity index is 2.53. The Morgan fingerprint density at radius 2 is 2.25 bits per heavy atom. The fourth-order valence-corrected chi connectivity index (χ4v) is 1.20. The van der Waals surface area contributed by atoms with E-state index in [9.17, 15) is 4.79 Å². The first-order valence-corrected chi connectivity index (χ1v) is 5.23. The van der Waals surface area contributed by atoms with Crippen LogP contribution in [0.1, 0.15) is 19.2 Å². The molecule has 1 heterocycles. The van der Waals surface area contributed by atoms with Crippen molar-refractivity contribution in [2.24, 2.45) is 0 Å². The van der Waals surface area contributed by atoms with Crippen LogP contribution >= 0.6 is 0 Å². The molecule has 6 heteroatoms. The van der Waals surface area contributed by atoms with Crippen LogP contribution in [0.2, 0.25) is 0 Å². The third-order valence-corrected chi connectivity index (χ3v) is 2.05. The topological polar surface area (TPSA) is 92.9 Å². The van der Waals surface area contributed by atoms with Gasteiger partial charge in [-0.2, -0.15) is 0 Å². The van der Waals surface area contributed by atoms with Gasteiger partial charge in [-0.15, -0.1) is 0 Å². The summed E-state index contributed by atoms with van der Waals surface area (Å²) in [6.07, 6.45) is 1.14. The summed E-state index contributed by atoms with van der Waals surface area (Å²) in [6, 6.07) is 1.66. The van der Waals surface area contributed by atoms with Gasteiger partial charge in [0.2, 0.25) is 5.91 Å². The molecule has 0 aliphatic rings. The van der Waals surface area contributed by atoms with Crippen LogP contribution in [0.5, 0.6) is 0 Å². The smallest absolute Gasteiger partial charge is 0.221 e. The number of carbonyl (C=O) groups is 1. The monoisotopic (exact) mass is 223 g/mol. The van der Waals surface area contributed by atoms with Crippen LogP contribution in [0.3, 0.4) is 0 Å². The van der Waals surface area contributed by atoms with Crippen molar-refractivity contribution >= 4 is 17.5 Å². The largest absolute Gasteiger partial charge is 0.384 e. The molecule has 0 spiro atoms. The van der Waals surface area contributed by atoms with Gasteiger partial charge in [0.15, 0.2) is 0 Å². The molecule has 0 saturated carbocycles. The second-order valence-electron chi connectivity index (χ2n) is 3.30. The highest BCUT2D eigenvalue weighted by Crippen LogP contribution is 2.08. The lowest BCUT2D eigenvalue weighted by Gasteiger charge is -2.07. The highest BCUT2D eigenvalue weighted by molar-refractivity contribution is 5.76. The van der Waals surface area contributed by atoms with Crippen LogP contribution in [-0.2, 0) is 11.2 Å². The first-order valence-electron chi connectivity index (χ1n) is 5.23. The minimum Gasteiger partial charge on any atom is -0.384 e. The molecule has 1 amide bonds. The molecule has 6 nitrogen and oxygen atoms in total. The SMILES string of the molecule is CCc1nc(N)cc(NCCC(=O)NC)n1. The lowest BCUT2D eigenvalue weighted by Crippen LogP contribution is -2.21. The summed E-state index contributed by atoms with van der Waals surface area (Å²) in [5.74, 6) is 1.79. The zero-order valence-corrected chi connectivity index (χ0v) is 9.58. The maximum Gasteiger partial charge on any atom is 0.221 e. The molecule has 4 N–H and O–H groups in total. The summed E-state index contributed by atoms with van der Waals surface area (Å²) in [7, 11) is 1.61. The predicted molar refractivity (Wildman–Crippen MR) is 63.0 cm³/mol. The van der Waals surface area contributed by atoms with E-state index >= 15 is 0 Å². The Hall–Kier alpha value is -1.85. The Kier molecular flexibility index (Phi) is 4.50. The van der Waals surface area contributed by atoms with Crippen LogP contribution < -0.4 is 16.4 Å². The van der Waals surface area contributed by atoms with Crippen molar-refractivity contribution < 1.29 is 4.79 Å². The number of carbonyl (C=O) groups excluding carboxylic acids is 1. The van der Waals surface area contributed by atoms with Crippen LogP contribution in [0.15, 0.2) is 6.07 Å². The van der Waals surface area contributed by atoms with E-state index in [1.807, 2.05) is 6.92 Å². The molecule has 0 atom stereocenters. The number of amides is 1. The third kappa shape index (κ3) is 3.72. The van der Waals surface area contributed by atoms with E-state index in [2.05, 4.69) is 20.6 Å². The van der Waals surface area contributed by atoms with Gasteiger partial charge in [0.25, 0.3) is 0 Å². The van der Waals surface area contributed by atoms with Gasteiger partial charge in [0, 0.05) is 32.5 Å². The first kappa shape index (κ1) is 12.2. The number of hydrogen-bond acceptors (Lipinski definition) is 5. The number of aromatic nitrogens is 2. The standard InChI is InChI=1S/C10H17N5O/c1-3-8-14-7(11)6-9(15-8)13-5-4-10(16)12-2/h6H,3-5H2,1-2H3,(H,12,16)(H3,11,13,14,15). The van der Waals surface area contributed by atoms with E-state index in [1.54, 1.807) is 13.1 Å². The number of nitrogens with zero attached hydrogens (tertiary/aromatic N) is 2. The molecular weight excluding hydrogens is 206 g/mol. The lowest BCUT2D eigenvalue weighted by molar-refractivity contribution is -0.120. The number of aryl methyl sites for hydroxylation is 1. The summed E-state index contributed by atoms with van der Waals surface area (Å²) >= 11 is 0. The van der Waals surface area contributed by atoms with E-state index in [-0.39, 0.29) is 5.91 Å². The van der Waals surface area contributed by atoms with Crippen LogP contribution in [-0.4, -0.2) is 29.5 Å². The maximum absolute atomic E-state index is 11.0. The zero-order chi connectivity index (χ0) is 12.0. The fraction of sp³-hybridized carbons (Fsp3) is 0.500. The Labute approximate surface area is 94.7 Å². The van der Waals surface area contributed by atoms with E-state index in [4.69, 9.17) is 5.73 Å². The van der Waals surface area contributed by atoms with Crippen molar-refractivity contribution in [1.82, 2.24) is 15.3 Å². The summed E-state index contributed by atoms with van der Waals surface area (Å²) in [6.45, 7) is 2.49. The van der Waals surface area contributed by atoms with E-state index in [1.165, 1.54) is 0 Å². The average Bonchev–Trinajstić information content (AvgIpc) is 2.28. The molecule has 1 aromatic heterocycles. The van der Waals surface area contributed by atoms with Gasteiger partial charge in [-0.05, 0) is 0 Å². The van der Waals surface area contributed by atoms with Crippen LogP contribution in [0.4, 0.5) is 11.6 Å². The maximum atomic E-state index is 11.0. The molecule has 0 saturated heterocycles. The molecule has 0 unspecified atom stereocenters. The van der Waals surface area contributed by atoms with Crippen molar-refractivity contribution in [3.8, 4) is 0 Å². The molecule has 1 rings (SSSR count).